The molecule has 0 saturated carbocycles. The van der Waals surface area contributed by atoms with Crippen LogP contribution in [0.5, 0.6) is 0 Å². The number of rotatable bonds is 6. The minimum Gasteiger partial charge on any atom is -0.391 e. The fourth-order valence-electron chi connectivity index (χ4n) is 1.32. The Morgan fingerprint density at radius 2 is 2.43 bits per heavy atom. The lowest BCUT2D eigenvalue weighted by molar-refractivity contribution is 0.0595. The van der Waals surface area contributed by atoms with E-state index < -0.39 is 0 Å². The van der Waals surface area contributed by atoms with E-state index in [1.165, 1.54) is 5.56 Å². The van der Waals surface area contributed by atoms with E-state index in [0.29, 0.717) is 6.61 Å². The van der Waals surface area contributed by atoms with Gasteiger partial charge in [-0.25, -0.2) is 0 Å². The molecule has 0 radical (unpaired) electrons. The van der Waals surface area contributed by atoms with Crippen molar-refractivity contribution >= 4 is 0 Å². The average Bonchev–Trinajstić information content (AvgIpc) is 2.63. The van der Waals surface area contributed by atoms with Gasteiger partial charge in [0.1, 0.15) is 0 Å². The Labute approximate surface area is 84.5 Å². The van der Waals surface area contributed by atoms with E-state index in [0.717, 1.165) is 19.4 Å². The fourth-order valence-corrected chi connectivity index (χ4v) is 1.32. The van der Waals surface area contributed by atoms with Crippen molar-refractivity contribution in [3.05, 3.63) is 18.0 Å². The third-order valence-electron chi connectivity index (χ3n) is 2.14. The number of aromatic nitrogens is 2. The quantitative estimate of drug-likeness (QED) is 0.737. The summed E-state index contributed by atoms with van der Waals surface area (Å²) in [5, 5.41) is 13.6. The largest absolute Gasteiger partial charge is 0.391 e. The molecule has 0 fully saturated rings. The van der Waals surface area contributed by atoms with Crippen molar-refractivity contribution in [2.24, 2.45) is 0 Å². The summed E-state index contributed by atoms with van der Waals surface area (Å²) in [6, 6.07) is 0. The highest BCUT2D eigenvalue weighted by atomic mass is 16.5. The minimum absolute atomic E-state index is 0.370. The summed E-state index contributed by atoms with van der Waals surface area (Å²) >= 11 is 0. The number of nitrogens with zero attached hydrogens (tertiary/aromatic N) is 2. The van der Waals surface area contributed by atoms with Gasteiger partial charge in [-0.3, -0.25) is 4.68 Å². The molecule has 1 atom stereocenters. The summed E-state index contributed by atoms with van der Waals surface area (Å²) in [6.45, 7) is 3.35. The molecule has 1 aromatic heterocycles. The second kappa shape index (κ2) is 5.78. The average molecular weight is 198 g/mol. The van der Waals surface area contributed by atoms with Gasteiger partial charge in [0.05, 0.1) is 18.9 Å². The summed E-state index contributed by atoms with van der Waals surface area (Å²) < 4.78 is 6.73. The summed E-state index contributed by atoms with van der Waals surface area (Å²) in [4.78, 5) is 0. The predicted octanol–water partition coefficient (Wildman–Crippen LogP) is 0.843. The maximum Gasteiger partial charge on any atom is 0.0776 e. The van der Waals surface area contributed by atoms with Crippen LogP contribution in [0.3, 0.4) is 0 Å². The van der Waals surface area contributed by atoms with Crippen molar-refractivity contribution in [1.29, 1.82) is 0 Å². The van der Waals surface area contributed by atoms with Crippen LogP contribution in [0.25, 0.3) is 0 Å². The molecule has 1 N–H and O–H groups in total. The normalized spacial score (nSPS) is 13.1. The van der Waals surface area contributed by atoms with Crippen molar-refractivity contribution in [3.8, 4) is 0 Å². The van der Waals surface area contributed by atoms with Gasteiger partial charge in [-0.05, 0) is 25.3 Å². The van der Waals surface area contributed by atoms with Crippen molar-refractivity contribution in [2.75, 3.05) is 13.7 Å². The molecular formula is C10H18N2O2. The van der Waals surface area contributed by atoms with E-state index in [9.17, 15) is 5.11 Å². The van der Waals surface area contributed by atoms with Crippen LogP contribution in [-0.4, -0.2) is 34.7 Å². The number of hydrogen-bond donors (Lipinski definition) is 1. The Morgan fingerprint density at radius 3 is 3.00 bits per heavy atom. The monoisotopic (exact) mass is 198 g/mol. The third kappa shape index (κ3) is 3.47. The highest BCUT2D eigenvalue weighted by molar-refractivity contribution is 5.03. The number of hydrogen-bond acceptors (Lipinski definition) is 3. The highest BCUT2D eigenvalue weighted by Gasteiger charge is 2.04. The highest BCUT2D eigenvalue weighted by Crippen LogP contribution is 2.04. The van der Waals surface area contributed by atoms with E-state index in [2.05, 4.69) is 12.0 Å². The van der Waals surface area contributed by atoms with Crippen LogP contribution in [0.4, 0.5) is 0 Å². The maximum atomic E-state index is 9.42. The summed E-state index contributed by atoms with van der Waals surface area (Å²) in [6.07, 6.45) is 5.07. The van der Waals surface area contributed by atoms with Crippen LogP contribution in [0.1, 0.15) is 18.9 Å². The molecule has 0 spiro atoms. The van der Waals surface area contributed by atoms with Gasteiger partial charge in [0.2, 0.25) is 0 Å². The zero-order chi connectivity index (χ0) is 10.4. The lowest BCUT2D eigenvalue weighted by Crippen LogP contribution is -2.14. The van der Waals surface area contributed by atoms with Crippen LogP contribution in [0.15, 0.2) is 12.4 Å². The van der Waals surface area contributed by atoms with Crippen LogP contribution in [0, 0.1) is 0 Å². The Bertz CT molecular complexity index is 260. The first-order valence-electron chi connectivity index (χ1n) is 4.94. The molecular weight excluding hydrogens is 180 g/mol. The fraction of sp³-hybridized carbons (Fsp3) is 0.700. The standard InChI is InChI=1S/C10H18N2O2/c1-3-12-7-9(6-11-12)4-5-10(13)8-14-2/h6-7,10,13H,3-5,8H2,1-2H3. The Balaban J connectivity index is 2.30. The van der Waals surface area contributed by atoms with E-state index >= 15 is 0 Å². The molecule has 0 bridgehead atoms. The third-order valence-corrected chi connectivity index (χ3v) is 2.14. The molecule has 0 amide bonds. The van der Waals surface area contributed by atoms with Crippen LogP contribution in [0.2, 0.25) is 0 Å². The molecule has 14 heavy (non-hydrogen) atoms. The molecule has 1 rings (SSSR count). The smallest absolute Gasteiger partial charge is 0.0776 e. The van der Waals surface area contributed by atoms with Crippen molar-refractivity contribution < 1.29 is 9.84 Å². The van der Waals surface area contributed by atoms with Crippen molar-refractivity contribution in [3.63, 3.8) is 0 Å². The zero-order valence-electron chi connectivity index (χ0n) is 8.81. The molecule has 0 aliphatic carbocycles. The van der Waals surface area contributed by atoms with Gasteiger partial charge >= 0.3 is 0 Å². The molecule has 0 aliphatic rings. The number of aliphatic hydroxyl groups excluding tert-OH is 1. The predicted molar refractivity (Wildman–Crippen MR) is 54.1 cm³/mol. The summed E-state index contributed by atoms with van der Waals surface area (Å²) in [5.74, 6) is 0. The Hall–Kier alpha value is -0.870. The van der Waals surface area contributed by atoms with Gasteiger partial charge in [0.15, 0.2) is 0 Å². The number of aliphatic hydroxyl groups is 1. The van der Waals surface area contributed by atoms with Gasteiger partial charge in [-0.15, -0.1) is 0 Å². The van der Waals surface area contributed by atoms with E-state index in [1.807, 2.05) is 17.1 Å². The van der Waals surface area contributed by atoms with E-state index in [4.69, 9.17) is 4.74 Å². The molecule has 1 aromatic rings. The van der Waals surface area contributed by atoms with E-state index in [-0.39, 0.29) is 6.10 Å². The second-order valence-electron chi connectivity index (χ2n) is 3.35. The first-order chi connectivity index (χ1) is 6.76. The van der Waals surface area contributed by atoms with Crippen LogP contribution in [-0.2, 0) is 17.7 Å². The first kappa shape index (κ1) is 11.2. The Kier molecular flexibility index (Phi) is 4.62. The number of methoxy groups -OCH3 is 1. The topological polar surface area (TPSA) is 47.3 Å². The SMILES string of the molecule is CCn1cc(CCC(O)COC)cn1. The Morgan fingerprint density at radius 1 is 1.64 bits per heavy atom. The van der Waals surface area contributed by atoms with Gasteiger partial charge < -0.3 is 9.84 Å². The molecule has 0 aromatic carbocycles. The van der Waals surface area contributed by atoms with Crippen molar-refractivity contribution in [1.82, 2.24) is 9.78 Å². The zero-order valence-corrected chi connectivity index (χ0v) is 8.81. The van der Waals surface area contributed by atoms with Gasteiger partial charge in [-0.2, -0.15) is 5.10 Å². The van der Waals surface area contributed by atoms with Crippen LogP contribution >= 0.6 is 0 Å². The molecule has 0 aliphatic heterocycles. The molecule has 1 heterocycles. The second-order valence-corrected chi connectivity index (χ2v) is 3.35. The van der Waals surface area contributed by atoms with Gasteiger partial charge in [-0.1, -0.05) is 0 Å². The van der Waals surface area contributed by atoms with Crippen LogP contribution < -0.4 is 0 Å². The van der Waals surface area contributed by atoms with Gasteiger partial charge in [0, 0.05) is 19.9 Å². The maximum absolute atomic E-state index is 9.42. The van der Waals surface area contributed by atoms with E-state index in [1.54, 1.807) is 7.11 Å². The molecule has 0 saturated heterocycles. The lowest BCUT2D eigenvalue weighted by atomic mass is 10.1. The molecule has 4 heteroatoms. The van der Waals surface area contributed by atoms with Gasteiger partial charge in [0.25, 0.3) is 0 Å². The molecule has 80 valence electrons. The lowest BCUT2D eigenvalue weighted by Gasteiger charge is -2.07. The number of ether oxygens (including phenoxy) is 1. The minimum atomic E-state index is -0.370. The van der Waals surface area contributed by atoms with Crippen molar-refractivity contribution in [2.45, 2.75) is 32.4 Å². The summed E-state index contributed by atoms with van der Waals surface area (Å²) in [7, 11) is 1.60. The number of aryl methyl sites for hydroxylation is 2. The molecule has 1 unspecified atom stereocenters. The summed E-state index contributed by atoms with van der Waals surface area (Å²) in [5.41, 5.74) is 1.17. The molecule has 4 nitrogen and oxygen atoms in total. The first-order valence-corrected chi connectivity index (χ1v) is 4.94.